The number of methoxy groups -OCH3 is 1. The number of nitrogens with one attached hydrogen (secondary N) is 2. The van der Waals surface area contributed by atoms with E-state index in [2.05, 4.69) is 16.7 Å². The van der Waals surface area contributed by atoms with Gasteiger partial charge in [-0.2, -0.15) is 0 Å². The summed E-state index contributed by atoms with van der Waals surface area (Å²) < 4.78 is 10.6. The normalized spacial score (nSPS) is 14.1. The van der Waals surface area contributed by atoms with Gasteiger partial charge in [0.15, 0.2) is 12.4 Å². The maximum Gasteiger partial charge on any atom is 0.262 e. The van der Waals surface area contributed by atoms with Crippen molar-refractivity contribution >= 4 is 11.6 Å². The van der Waals surface area contributed by atoms with Crippen molar-refractivity contribution in [3.63, 3.8) is 0 Å². The summed E-state index contributed by atoms with van der Waals surface area (Å²) in [4.78, 5) is 11.4. The average Bonchev–Trinajstić information content (AvgIpc) is 2.68. The monoisotopic (exact) mass is 372 g/mol. The van der Waals surface area contributed by atoms with Crippen LogP contribution in [-0.4, -0.2) is 42.9 Å². The van der Waals surface area contributed by atoms with Crippen LogP contribution in [0.1, 0.15) is 23.7 Å². The molecule has 144 valence electrons. The molecule has 0 bridgehead atoms. The molecule has 1 aliphatic heterocycles. The first-order valence-corrected chi connectivity index (χ1v) is 8.88. The van der Waals surface area contributed by atoms with Crippen LogP contribution in [-0.2, 0) is 11.2 Å². The van der Waals surface area contributed by atoms with Crippen molar-refractivity contribution in [3.8, 4) is 17.2 Å². The molecule has 27 heavy (non-hydrogen) atoms. The van der Waals surface area contributed by atoms with Crippen molar-refractivity contribution in [1.29, 1.82) is 0 Å². The summed E-state index contributed by atoms with van der Waals surface area (Å²) in [5.74, 6) is 0.751. The molecule has 0 saturated heterocycles. The maximum absolute atomic E-state index is 11.4. The summed E-state index contributed by atoms with van der Waals surface area (Å²) in [6.45, 7) is 0.947. The molecule has 1 aliphatic rings. The van der Waals surface area contributed by atoms with E-state index in [0.29, 0.717) is 17.9 Å². The van der Waals surface area contributed by atoms with Gasteiger partial charge in [0.05, 0.1) is 13.2 Å². The molecule has 7 nitrogen and oxygen atoms in total. The van der Waals surface area contributed by atoms with Gasteiger partial charge in [-0.1, -0.05) is 12.1 Å². The maximum atomic E-state index is 11.4. The zero-order valence-corrected chi connectivity index (χ0v) is 15.2. The first-order chi connectivity index (χ1) is 13.1. The van der Waals surface area contributed by atoms with Crippen LogP contribution in [0.15, 0.2) is 36.4 Å². The number of aromatic hydroxyl groups is 1. The van der Waals surface area contributed by atoms with Crippen LogP contribution < -0.4 is 20.1 Å². The summed E-state index contributed by atoms with van der Waals surface area (Å²) in [5, 5.41) is 26.1. The Morgan fingerprint density at radius 1 is 1.33 bits per heavy atom. The molecule has 0 aromatic heterocycles. The number of amides is 1. The number of carbonyl (C=O) groups is 1. The van der Waals surface area contributed by atoms with Gasteiger partial charge in [0.1, 0.15) is 17.2 Å². The number of phenolic OH excluding ortho intramolecular Hbond substituents is 1. The fourth-order valence-corrected chi connectivity index (χ4v) is 3.03. The van der Waals surface area contributed by atoms with Gasteiger partial charge < -0.3 is 30.3 Å². The summed E-state index contributed by atoms with van der Waals surface area (Å²) in [7, 11) is 1.65. The summed E-state index contributed by atoms with van der Waals surface area (Å²) in [5.41, 5.74) is 1.94. The highest BCUT2D eigenvalue weighted by molar-refractivity contribution is 5.97. The van der Waals surface area contributed by atoms with Gasteiger partial charge in [0.25, 0.3) is 5.91 Å². The molecule has 4 N–H and O–H groups in total. The van der Waals surface area contributed by atoms with Gasteiger partial charge in [0, 0.05) is 12.1 Å². The molecule has 1 atom stereocenters. The Kier molecular flexibility index (Phi) is 6.16. The Labute approximate surface area is 157 Å². The van der Waals surface area contributed by atoms with Gasteiger partial charge in [-0.05, 0) is 49.2 Å². The Balaban J connectivity index is 1.50. The molecule has 1 amide bonds. The van der Waals surface area contributed by atoms with Crippen molar-refractivity contribution in [3.05, 3.63) is 47.5 Å². The molecule has 7 heteroatoms. The second kappa shape index (κ2) is 8.75. The molecular weight excluding hydrogens is 348 g/mol. The highest BCUT2D eigenvalue weighted by Crippen LogP contribution is 2.41. The molecule has 1 unspecified atom stereocenters. The van der Waals surface area contributed by atoms with E-state index in [0.717, 1.165) is 25.1 Å². The molecule has 0 fully saturated rings. The summed E-state index contributed by atoms with van der Waals surface area (Å²) >= 11 is 0. The van der Waals surface area contributed by atoms with Crippen LogP contribution in [0.25, 0.3) is 0 Å². The van der Waals surface area contributed by atoms with Gasteiger partial charge in [-0.25, -0.2) is 0 Å². The minimum Gasteiger partial charge on any atom is -0.506 e. The molecule has 0 aliphatic carbocycles. The van der Waals surface area contributed by atoms with E-state index in [1.807, 2.05) is 18.2 Å². The zero-order chi connectivity index (χ0) is 19.2. The van der Waals surface area contributed by atoms with E-state index >= 15 is 0 Å². The van der Waals surface area contributed by atoms with Gasteiger partial charge in [0.2, 0.25) is 0 Å². The van der Waals surface area contributed by atoms with Crippen molar-refractivity contribution in [2.45, 2.75) is 18.9 Å². The summed E-state index contributed by atoms with van der Waals surface area (Å²) in [6, 6.07) is 11.0. The van der Waals surface area contributed by atoms with Crippen LogP contribution in [0, 0.1) is 0 Å². The van der Waals surface area contributed by atoms with Gasteiger partial charge in [-0.3, -0.25) is 4.79 Å². The Morgan fingerprint density at radius 2 is 2.19 bits per heavy atom. The van der Waals surface area contributed by atoms with Crippen LogP contribution in [0.5, 0.6) is 17.2 Å². The number of fused-ring (bicyclic) bond motifs is 1. The number of phenols is 1. The Morgan fingerprint density at radius 3 is 3.00 bits per heavy atom. The number of anilines is 1. The minimum atomic E-state index is -0.814. The molecule has 2 aromatic rings. The van der Waals surface area contributed by atoms with E-state index in [9.17, 15) is 15.0 Å². The standard InChI is InChI=1S/C20H24N2O5/c1-26-14-6-2-4-13(10-14)5-3-9-21-11-17(24)15-7-8-16(23)19-20(15)27-12-18(25)22-19/h2,4,6-8,10,17,21,23-24H,3,5,9,11-12H2,1H3,(H,22,25). The number of aliphatic hydroxyl groups excluding tert-OH is 1. The first kappa shape index (κ1) is 19.0. The van der Waals surface area contributed by atoms with Crippen molar-refractivity contribution < 1.29 is 24.5 Å². The Bertz CT molecular complexity index is 809. The molecule has 0 spiro atoms. The van der Waals surface area contributed by atoms with Crippen LogP contribution in [0.2, 0.25) is 0 Å². The lowest BCUT2D eigenvalue weighted by Gasteiger charge is -2.23. The quantitative estimate of drug-likeness (QED) is 0.418. The number of aryl methyl sites for hydroxylation is 1. The topological polar surface area (TPSA) is 100 Å². The number of ether oxygens (including phenoxy) is 2. The van der Waals surface area contributed by atoms with Crippen molar-refractivity contribution in [2.75, 3.05) is 32.1 Å². The van der Waals surface area contributed by atoms with Crippen LogP contribution in [0.3, 0.4) is 0 Å². The van der Waals surface area contributed by atoms with E-state index in [1.165, 1.54) is 11.6 Å². The number of carbonyl (C=O) groups excluding carboxylic acids is 1. The van der Waals surface area contributed by atoms with E-state index < -0.39 is 6.10 Å². The average molecular weight is 372 g/mol. The number of hydrogen-bond acceptors (Lipinski definition) is 6. The third kappa shape index (κ3) is 4.69. The smallest absolute Gasteiger partial charge is 0.262 e. The first-order valence-electron chi connectivity index (χ1n) is 8.88. The fourth-order valence-electron chi connectivity index (χ4n) is 3.03. The van der Waals surface area contributed by atoms with Gasteiger partial charge >= 0.3 is 0 Å². The largest absolute Gasteiger partial charge is 0.506 e. The third-order valence-corrected chi connectivity index (χ3v) is 4.43. The number of hydrogen-bond donors (Lipinski definition) is 4. The molecule has 0 saturated carbocycles. The minimum absolute atomic E-state index is 0.0831. The highest BCUT2D eigenvalue weighted by atomic mass is 16.5. The van der Waals surface area contributed by atoms with E-state index in [-0.39, 0.29) is 24.0 Å². The van der Waals surface area contributed by atoms with Gasteiger partial charge in [-0.15, -0.1) is 0 Å². The van der Waals surface area contributed by atoms with Crippen molar-refractivity contribution in [1.82, 2.24) is 5.32 Å². The van der Waals surface area contributed by atoms with Crippen LogP contribution in [0.4, 0.5) is 5.69 Å². The predicted octanol–water partition coefficient (Wildman–Crippen LogP) is 1.99. The fraction of sp³-hybridized carbons (Fsp3) is 0.350. The number of aliphatic hydroxyl groups is 1. The lowest BCUT2D eigenvalue weighted by Crippen LogP contribution is -2.28. The second-order valence-electron chi connectivity index (χ2n) is 6.39. The molecule has 0 radical (unpaired) electrons. The van der Waals surface area contributed by atoms with Crippen LogP contribution >= 0.6 is 0 Å². The molecule has 1 heterocycles. The molecule has 2 aromatic carbocycles. The molecular formula is C20H24N2O5. The number of benzene rings is 2. The Hall–Kier alpha value is -2.77. The highest BCUT2D eigenvalue weighted by Gasteiger charge is 2.25. The zero-order valence-electron chi connectivity index (χ0n) is 15.2. The van der Waals surface area contributed by atoms with E-state index in [4.69, 9.17) is 9.47 Å². The lowest BCUT2D eigenvalue weighted by atomic mass is 10.0. The summed E-state index contributed by atoms with van der Waals surface area (Å²) in [6.07, 6.45) is 1.01. The lowest BCUT2D eigenvalue weighted by molar-refractivity contribution is -0.118. The van der Waals surface area contributed by atoms with E-state index in [1.54, 1.807) is 13.2 Å². The number of rotatable bonds is 8. The third-order valence-electron chi connectivity index (χ3n) is 4.43. The molecule has 3 rings (SSSR count). The predicted molar refractivity (Wildman–Crippen MR) is 101 cm³/mol. The van der Waals surface area contributed by atoms with Crippen molar-refractivity contribution in [2.24, 2.45) is 0 Å². The SMILES string of the molecule is COc1cccc(CCCNCC(O)c2ccc(O)c3c2OCC(=O)N3)c1. The second-order valence-corrected chi connectivity index (χ2v) is 6.39.